The van der Waals surface area contributed by atoms with E-state index in [0.29, 0.717) is 0 Å². The van der Waals surface area contributed by atoms with Crippen LogP contribution in [0.5, 0.6) is 5.75 Å². The zero-order valence-electron chi connectivity index (χ0n) is 12.7. The molecule has 1 heterocycles. The van der Waals surface area contributed by atoms with Crippen LogP contribution >= 0.6 is 0 Å². The number of benzene rings is 2. The van der Waals surface area contributed by atoms with Crippen LogP contribution in [0.2, 0.25) is 0 Å². The van der Waals surface area contributed by atoms with Gasteiger partial charge in [0.1, 0.15) is 24.1 Å². The second-order valence-corrected chi connectivity index (χ2v) is 5.17. The maximum Gasteiger partial charge on any atom is 0.416 e. The molecule has 2 aromatic carbocycles. The Morgan fingerprint density at radius 1 is 1.12 bits per heavy atom. The van der Waals surface area contributed by atoms with Gasteiger partial charge in [0.15, 0.2) is 5.69 Å². The largest absolute Gasteiger partial charge is 0.489 e. The van der Waals surface area contributed by atoms with Crippen LogP contribution in [0.1, 0.15) is 16.8 Å². The number of hydrogen-bond donors (Lipinski definition) is 1. The number of aromatic nitrogens is 3. The zero-order chi connectivity index (χ0) is 17.9. The van der Waals surface area contributed by atoms with Crippen LogP contribution in [0.25, 0.3) is 11.3 Å². The van der Waals surface area contributed by atoms with Gasteiger partial charge >= 0.3 is 6.18 Å². The highest BCUT2D eigenvalue weighted by atomic mass is 19.4. The fourth-order valence-corrected chi connectivity index (χ4v) is 2.23. The van der Waals surface area contributed by atoms with Crippen LogP contribution in [0.3, 0.4) is 0 Å². The van der Waals surface area contributed by atoms with E-state index in [1.165, 1.54) is 6.07 Å². The van der Waals surface area contributed by atoms with E-state index in [0.717, 1.165) is 17.7 Å². The van der Waals surface area contributed by atoms with Gasteiger partial charge < -0.3 is 4.74 Å². The third kappa shape index (κ3) is 3.77. The molecule has 0 spiro atoms. The number of halogens is 3. The van der Waals surface area contributed by atoms with Crippen molar-refractivity contribution in [1.82, 2.24) is 15.4 Å². The summed E-state index contributed by atoms with van der Waals surface area (Å²) >= 11 is 0. The minimum atomic E-state index is -4.56. The molecule has 0 bridgehead atoms. The van der Waals surface area contributed by atoms with Crippen LogP contribution in [0.15, 0.2) is 48.5 Å². The Morgan fingerprint density at radius 2 is 1.88 bits per heavy atom. The number of rotatable bonds is 4. The van der Waals surface area contributed by atoms with E-state index in [1.807, 2.05) is 18.2 Å². The van der Waals surface area contributed by atoms with Gasteiger partial charge in [0, 0.05) is 5.56 Å². The van der Waals surface area contributed by atoms with Crippen LogP contribution in [0.4, 0.5) is 13.2 Å². The summed E-state index contributed by atoms with van der Waals surface area (Å²) in [5, 5.41) is 18.5. The summed E-state index contributed by atoms with van der Waals surface area (Å²) in [6.45, 7) is 0.117. The van der Waals surface area contributed by atoms with Crippen LogP contribution in [0, 0.1) is 11.3 Å². The monoisotopic (exact) mass is 344 g/mol. The van der Waals surface area contributed by atoms with Gasteiger partial charge in [-0.2, -0.15) is 18.4 Å². The quantitative estimate of drug-likeness (QED) is 0.778. The Balaban J connectivity index is 1.97. The Bertz CT molecular complexity index is 914. The van der Waals surface area contributed by atoms with Crippen molar-refractivity contribution in [2.24, 2.45) is 0 Å². The minimum absolute atomic E-state index is 0.0201. The third-order valence-corrected chi connectivity index (χ3v) is 3.42. The SMILES string of the molecule is N#Cc1[nH]nnc1-c1cc(OCc2ccccc2)cc(C(F)(F)F)c1. The maximum absolute atomic E-state index is 13.2. The molecule has 0 amide bonds. The lowest BCUT2D eigenvalue weighted by Crippen LogP contribution is -2.06. The zero-order valence-corrected chi connectivity index (χ0v) is 12.7. The van der Waals surface area contributed by atoms with Crippen molar-refractivity contribution < 1.29 is 17.9 Å². The molecule has 1 aromatic heterocycles. The van der Waals surface area contributed by atoms with Crippen molar-refractivity contribution in [3.8, 4) is 23.1 Å². The smallest absolute Gasteiger partial charge is 0.416 e. The van der Waals surface area contributed by atoms with E-state index in [2.05, 4.69) is 15.4 Å². The number of alkyl halides is 3. The molecular formula is C17H11F3N4O. The van der Waals surface area contributed by atoms with Crippen molar-refractivity contribution in [1.29, 1.82) is 5.26 Å². The highest BCUT2D eigenvalue weighted by Crippen LogP contribution is 2.35. The molecule has 8 heteroatoms. The van der Waals surface area contributed by atoms with Gasteiger partial charge in [-0.25, -0.2) is 5.10 Å². The molecule has 126 valence electrons. The molecule has 0 fully saturated rings. The second-order valence-electron chi connectivity index (χ2n) is 5.17. The number of H-pyrrole nitrogens is 1. The summed E-state index contributed by atoms with van der Waals surface area (Å²) in [5.74, 6) is 0.0283. The Kier molecular flexibility index (Phi) is 4.39. The lowest BCUT2D eigenvalue weighted by molar-refractivity contribution is -0.137. The minimum Gasteiger partial charge on any atom is -0.489 e. The summed E-state index contributed by atoms with van der Waals surface area (Å²) in [6, 6.07) is 14.1. The Labute approximate surface area is 140 Å². The van der Waals surface area contributed by atoms with Gasteiger partial charge in [0.25, 0.3) is 0 Å². The third-order valence-electron chi connectivity index (χ3n) is 3.42. The number of aromatic amines is 1. The van der Waals surface area contributed by atoms with Crippen molar-refractivity contribution >= 4 is 0 Å². The van der Waals surface area contributed by atoms with E-state index in [9.17, 15) is 13.2 Å². The molecule has 0 radical (unpaired) electrons. The lowest BCUT2D eigenvalue weighted by atomic mass is 10.1. The summed E-state index contributed by atoms with van der Waals surface area (Å²) in [6.07, 6.45) is -4.56. The average molecular weight is 344 g/mol. The van der Waals surface area contributed by atoms with Crippen LogP contribution < -0.4 is 4.74 Å². The molecule has 0 aliphatic carbocycles. The number of nitrogens with zero attached hydrogens (tertiary/aromatic N) is 3. The predicted octanol–water partition coefficient (Wildman–Crippen LogP) is 3.94. The van der Waals surface area contributed by atoms with Gasteiger partial charge in [-0.05, 0) is 23.8 Å². The van der Waals surface area contributed by atoms with E-state index >= 15 is 0 Å². The van der Waals surface area contributed by atoms with E-state index in [-0.39, 0.29) is 29.3 Å². The van der Waals surface area contributed by atoms with Crippen molar-refractivity contribution in [3.63, 3.8) is 0 Å². The molecule has 1 N–H and O–H groups in total. The van der Waals surface area contributed by atoms with Gasteiger partial charge in [-0.15, -0.1) is 5.10 Å². The number of nitrogens with one attached hydrogen (secondary N) is 1. The second kappa shape index (κ2) is 6.65. The molecule has 0 atom stereocenters. The highest BCUT2D eigenvalue weighted by molar-refractivity contribution is 5.67. The first-order valence-corrected chi connectivity index (χ1v) is 7.18. The first-order chi connectivity index (χ1) is 12.0. The fourth-order valence-electron chi connectivity index (χ4n) is 2.23. The summed E-state index contributed by atoms with van der Waals surface area (Å²) in [5.41, 5.74) is 0.0512. The topological polar surface area (TPSA) is 74.6 Å². The summed E-state index contributed by atoms with van der Waals surface area (Å²) in [4.78, 5) is 0. The molecule has 25 heavy (non-hydrogen) atoms. The molecular weight excluding hydrogens is 333 g/mol. The molecule has 0 unspecified atom stereocenters. The molecule has 5 nitrogen and oxygen atoms in total. The molecule has 0 saturated carbocycles. The van der Waals surface area contributed by atoms with Gasteiger partial charge in [0.05, 0.1) is 5.56 Å². The molecule has 0 aliphatic rings. The maximum atomic E-state index is 13.2. The highest BCUT2D eigenvalue weighted by Gasteiger charge is 2.32. The van der Waals surface area contributed by atoms with E-state index in [1.54, 1.807) is 18.2 Å². The molecule has 3 rings (SSSR count). The molecule has 3 aromatic rings. The Hall–Kier alpha value is -3.34. The average Bonchev–Trinajstić information content (AvgIpc) is 3.08. The Morgan fingerprint density at radius 3 is 2.56 bits per heavy atom. The van der Waals surface area contributed by atoms with E-state index < -0.39 is 11.7 Å². The van der Waals surface area contributed by atoms with Gasteiger partial charge in [-0.1, -0.05) is 35.5 Å². The normalized spacial score (nSPS) is 11.1. The predicted molar refractivity (Wildman–Crippen MR) is 82.3 cm³/mol. The number of hydrogen-bond acceptors (Lipinski definition) is 4. The summed E-state index contributed by atoms with van der Waals surface area (Å²) < 4.78 is 45.0. The van der Waals surface area contributed by atoms with E-state index in [4.69, 9.17) is 10.00 Å². The van der Waals surface area contributed by atoms with Crippen LogP contribution in [-0.2, 0) is 12.8 Å². The number of nitriles is 1. The first-order valence-electron chi connectivity index (χ1n) is 7.18. The standard InChI is InChI=1S/C17H11F3N4O/c18-17(19,20)13-6-12(16-15(9-21)22-24-23-16)7-14(8-13)25-10-11-4-2-1-3-5-11/h1-8H,10H2,(H,22,23,24). The molecule has 0 aliphatic heterocycles. The first kappa shape index (κ1) is 16.5. The fraction of sp³-hybridized carbons (Fsp3) is 0.118. The van der Waals surface area contributed by atoms with Crippen molar-refractivity contribution in [3.05, 3.63) is 65.4 Å². The van der Waals surface area contributed by atoms with Crippen LogP contribution in [-0.4, -0.2) is 15.4 Å². The van der Waals surface area contributed by atoms with Gasteiger partial charge in [-0.3, -0.25) is 0 Å². The molecule has 0 saturated heterocycles. The number of ether oxygens (including phenoxy) is 1. The van der Waals surface area contributed by atoms with Gasteiger partial charge in [0.2, 0.25) is 0 Å². The lowest BCUT2D eigenvalue weighted by Gasteiger charge is -2.12. The van der Waals surface area contributed by atoms with Crippen molar-refractivity contribution in [2.75, 3.05) is 0 Å². The van der Waals surface area contributed by atoms with Crippen molar-refractivity contribution in [2.45, 2.75) is 12.8 Å². The summed E-state index contributed by atoms with van der Waals surface area (Å²) in [7, 11) is 0.